The average Bonchev–Trinajstić information content (AvgIpc) is 1.65. The summed E-state index contributed by atoms with van der Waals surface area (Å²) in [6, 6.07) is 0. The molecule has 0 aromatic heterocycles. The van der Waals surface area contributed by atoms with Gasteiger partial charge in [0, 0.05) is 5.80 Å². The standard InChI is InChI=1S/C3H5O2P/c1-5-3(4)2-6/h2,6H,1H3. The van der Waals surface area contributed by atoms with Gasteiger partial charge in [0.1, 0.15) is 0 Å². The second-order valence-electron chi connectivity index (χ2n) is 0.667. The summed E-state index contributed by atoms with van der Waals surface area (Å²) in [5.41, 5.74) is 0. The smallest absolute Gasteiger partial charge is 0.334 e. The number of methoxy groups -OCH3 is 1. The Morgan fingerprint density at radius 2 is 2.50 bits per heavy atom. The summed E-state index contributed by atoms with van der Waals surface area (Å²) in [5.74, 6) is 0.798. The zero-order valence-electron chi connectivity index (χ0n) is 3.39. The van der Waals surface area contributed by atoms with Crippen LogP contribution in [0.4, 0.5) is 0 Å². The molecule has 0 spiro atoms. The molecule has 0 aliphatic heterocycles. The lowest BCUT2D eigenvalue weighted by molar-refractivity contribution is -0.131. The molecule has 2 nitrogen and oxygen atoms in total. The number of esters is 1. The van der Waals surface area contributed by atoms with Gasteiger partial charge >= 0.3 is 5.97 Å². The Morgan fingerprint density at radius 1 is 2.00 bits per heavy atom. The van der Waals surface area contributed by atoms with Crippen molar-refractivity contribution >= 4 is 20.6 Å². The van der Waals surface area contributed by atoms with Gasteiger partial charge in [0.25, 0.3) is 0 Å². The van der Waals surface area contributed by atoms with Crippen molar-refractivity contribution in [2.45, 2.75) is 0 Å². The van der Waals surface area contributed by atoms with Gasteiger partial charge in [-0.2, -0.15) is 0 Å². The molecular weight excluding hydrogens is 99.0 g/mol. The van der Waals surface area contributed by atoms with Crippen molar-refractivity contribution in [3.05, 3.63) is 0 Å². The van der Waals surface area contributed by atoms with Crippen LogP contribution in [0.1, 0.15) is 0 Å². The van der Waals surface area contributed by atoms with Gasteiger partial charge in [-0.1, -0.05) is 0 Å². The van der Waals surface area contributed by atoms with E-state index in [-0.39, 0.29) is 5.97 Å². The molecule has 0 heterocycles. The normalized spacial score (nSPS) is 6.83. The lowest BCUT2D eigenvalue weighted by Gasteiger charge is -1.82. The van der Waals surface area contributed by atoms with E-state index in [9.17, 15) is 4.79 Å². The maximum atomic E-state index is 9.85. The van der Waals surface area contributed by atoms with Gasteiger partial charge in [0.15, 0.2) is 0 Å². The van der Waals surface area contributed by atoms with Gasteiger partial charge in [-0.05, 0) is 0 Å². The molecule has 0 saturated heterocycles. The Kier molecular flexibility index (Phi) is 2.68. The van der Waals surface area contributed by atoms with Gasteiger partial charge in [-0.25, -0.2) is 4.79 Å². The summed E-state index contributed by atoms with van der Waals surface area (Å²) in [5, 5.41) is 0. The molecule has 0 aromatic carbocycles. The minimum Gasteiger partial charge on any atom is -0.466 e. The highest BCUT2D eigenvalue weighted by Crippen LogP contribution is 1.64. The second kappa shape index (κ2) is 2.86. The van der Waals surface area contributed by atoms with Crippen molar-refractivity contribution in [2.75, 3.05) is 7.11 Å². The Balaban J connectivity index is 3.23. The lowest BCUT2D eigenvalue weighted by atomic mass is 10.8. The van der Waals surface area contributed by atoms with Crippen molar-refractivity contribution in [1.29, 1.82) is 0 Å². The minimum absolute atomic E-state index is 0.369. The summed E-state index contributed by atoms with van der Waals surface area (Å²) >= 11 is 0. The maximum Gasteiger partial charge on any atom is 0.334 e. The monoisotopic (exact) mass is 104 g/mol. The second-order valence-corrected chi connectivity index (χ2v) is 0.956. The molecule has 0 aliphatic carbocycles. The van der Waals surface area contributed by atoms with E-state index >= 15 is 0 Å². The first-order valence-electron chi connectivity index (χ1n) is 1.39. The van der Waals surface area contributed by atoms with Crippen LogP contribution in [0.3, 0.4) is 0 Å². The first kappa shape index (κ1) is 5.64. The van der Waals surface area contributed by atoms with Crippen LogP contribution in [0.25, 0.3) is 0 Å². The zero-order chi connectivity index (χ0) is 4.99. The van der Waals surface area contributed by atoms with Gasteiger partial charge in [-0.3, -0.25) is 0 Å². The van der Waals surface area contributed by atoms with Crippen LogP contribution < -0.4 is 0 Å². The molecule has 0 aromatic rings. The molecule has 0 bridgehead atoms. The molecule has 0 rings (SSSR count). The molecule has 3 heteroatoms. The molecule has 0 N–H and O–H groups in total. The van der Waals surface area contributed by atoms with Crippen molar-refractivity contribution in [2.24, 2.45) is 0 Å². The fraction of sp³-hybridized carbons (Fsp3) is 0.333. The summed E-state index contributed by atoms with van der Waals surface area (Å²) in [6.07, 6.45) is 0. The number of carbonyl (C=O) groups is 1. The van der Waals surface area contributed by atoms with Crippen LogP contribution in [0.15, 0.2) is 0 Å². The average molecular weight is 104 g/mol. The third-order valence-electron chi connectivity index (χ3n) is 0.319. The van der Waals surface area contributed by atoms with E-state index in [2.05, 4.69) is 13.6 Å². The fourth-order valence-electron chi connectivity index (χ4n) is 0.0589. The van der Waals surface area contributed by atoms with Gasteiger partial charge in [0.05, 0.1) is 7.11 Å². The van der Waals surface area contributed by atoms with Crippen molar-refractivity contribution in [3.8, 4) is 0 Å². The third kappa shape index (κ3) is 1.91. The molecule has 0 fully saturated rings. The minimum atomic E-state index is -0.369. The van der Waals surface area contributed by atoms with E-state index in [4.69, 9.17) is 0 Å². The summed E-state index contributed by atoms with van der Waals surface area (Å²) in [4.78, 5) is 9.85. The topological polar surface area (TPSA) is 26.3 Å². The van der Waals surface area contributed by atoms with Gasteiger partial charge in [0.2, 0.25) is 0 Å². The molecule has 34 valence electrons. The highest BCUT2D eigenvalue weighted by atomic mass is 31.0. The van der Waals surface area contributed by atoms with E-state index in [1.54, 1.807) is 0 Å². The van der Waals surface area contributed by atoms with Crippen molar-refractivity contribution in [1.82, 2.24) is 0 Å². The number of rotatable bonds is 1. The number of hydrogen-bond donors (Lipinski definition) is 0. The van der Waals surface area contributed by atoms with Crippen LogP contribution in [0.5, 0.6) is 0 Å². The molecule has 0 aliphatic rings. The van der Waals surface area contributed by atoms with E-state index in [1.165, 1.54) is 12.9 Å². The van der Waals surface area contributed by atoms with Gasteiger partial charge in [-0.15, -0.1) is 8.86 Å². The van der Waals surface area contributed by atoms with E-state index in [0.717, 1.165) is 0 Å². The Bertz CT molecular complexity index is 69.2. The van der Waals surface area contributed by atoms with Crippen LogP contribution >= 0.6 is 8.86 Å². The zero-order valence-corrected chi connectivity index (χ0v) is 4.39. The fourth-order valence-corrected chi connectivity index (χ4v) is 0.177. The first-order valence-corrected chi connectivity index (χ1v) is 1.97. The quantitative estimate of drug-likeness (QED) is 0.348. The van der Waals surface area contributed by atoms with Crippen LogP contribution in [-0.2, 0) is 9.53 Å². The maximum absolute atomic E-state index is 9.85. The largest absolute Gasteiger partial charge is 0.466 e. The Morgan fingerprint density at radius 3 is 2.50 bits per heavy atom. The molecule has 0 radical (unpaired) electrons. The van der Waals surface area contributed by atoms with E-state index in [1.807, 2.05) is 0 Å². The summed E-state index contributed by atoms with van der Waals surface area (Å²) < 4.78 is 4.16. The number of hydrogen-bond acceptors (Lipinski definition) is 2. The number of carbonyl (C=O) groups excluding carboxylic acids is 1. The predicted molar refractivity (Wildman–Crippen MR) is 26.4 cm³/mol. The number of ether oxygens (including phenoxy) is 1. The molecule has 0 saturated carbocycles. The highest BCUT2D eigenvalue weighted by Gasteiger charge is 1.82. The van der Waals surface area contributed by atoms with E-state index in [0.29, 0.717) is 0 Å². The Labute approximate surface area is 38.3 Å². The summed E-state index contributed by atoms with van der Waals surface area (Å²) in [7, 11) is 4.14. The van der Waals surface area contributed by atoms with Crippen molar-refractivity contribution < 1.29 is 9.53 Å². The SMILES string of the molecule is COC(=O)C=P. The molecular formula is C3H5O2P. The van der Waals surface area contributed by atoms with E-state index < -0.39 is 0 Å². The first-order chi connectivity index (χ1) is 2.81. The summed E-state index contributed by atoms with van der Waals surface area (Å²) in [6.45, 7) is 0. The van der Waals surface area contributed by atoms with Crippen LogP contribution in [0, 0.1) is 0 Å². The predicted octanol–water partition coefficient (Wildman–Crippen LogP) is 0.104. The Hall–Kier alpha value is -0.360. The van der Waals surface area contributed by atoms with Gasteiger partial charge < -0.3 is 4.74 Å². The molecule has 0 unspecified atom stereocenters. The van der Waals surface area contributed by atoms with Crippen molar-refractivity contribution in [3.63, 3.8) is 0 Å². The van der Waals surface area contributed by atoms with Crippen LogP contribution in [-0.4, -0.2) is 18.9 Å². The molecule has 6 heavy (non-hydrogen) atoms. The molecule has 0 amide bonds. The lowest BCUT2D eigenvalue weighted by Crippen LogP contribution is -1.97. The molecule has 0 atom stereocenters. The highest BCUT2D eigenvalue weighted by molar-refractivity contribution is 7.21. The van der Waals surface area contributed by atoms with Crippen LogP contribution in [0.2, 0.25) is 0 Å². The third-order valence-corrected chi connectivity index (χ3v) is 0.555.